The number of amides is 1. The van der Waals surface area contributed by atoms with Crippen molar-refractivity contribution in [2.24, 2.45) is 0 Å². The fourth-order valence-corrected chi connectivity index (χ4v) is 1.78. The second-order valence-corrected chi connectivity index (χ2v) is 4.96. The van der Waals surface area contributed by atoms with Crippen molar-refractivity contribution in [3.63, 3.8) is 0 Å². The lowest BCUT2D eigenvalue weighted by atomic mass is 10.2. The molecular formula is C14H21ClN2O. The van der Waals surface area contributed by atoms with Crippen LogP contribution in [0.4, 0.5) is 5.69 Å². The highest BCUT2D eigenvalue weighted by Gasteiger charge is 2.05. The number of nitrogens with one attached hydrogen (secondary N) is 2. The first-order chi connectivity index (χ1) is 8.52. The van der Waals surface area contributed by atoms with E-state index in [9.17, 15) is 4.79 Å². The fourth-order valence-electron chi connectivity index (χ4n) is 1.56. The molecule has 0 radical (unpaired) electrons. The van der Waals surface area contributed by atoms with Gasteiger partial charge in [-0.2, -0.15) is 0 Å². The summed E-state index contributed by atoms with van der Waals surface area (Å²) in [7, 11) is 0. The third-order valence-electron chi connectivity index (χ3n) is 2.92. The molecule has 0 aliphatic rings. The maximum atomic E-state index is 11.7. The zero-order valence-corrected chi connectivity index (χ0v) is 12.0. The molecule has 0 fully saturated rings. The van der Waals surface area contributed by atoms with Gasteiger partial charge in [0.25, 0.3) is 0 Å². The van der Waals surface area contributed by atoms with Gasteiger partial charge in [-0.25, -0.2) is 0 Å². The summed E-state index contributed by atoms with van der Waals surface area (Å²) in [6.45, 7) is 6.86. The van der Waals surface area contributed by atoms with E-state index in [1.54, 1.807) is 6.07 Å². The van der Waals surface area contributed by atoms with Crippen molar-refractivity contribution < 1.29 is 4.79 Å². The minimum Gasteiger partial charge on any atom is -0.326 e. The summed E-state index contributed by atoms with van der Waals surface area (Å²) >= 11 is 5.87. The Balaban J connectivity index is 2.40. The van der Waals surface area contributed by atoms with Crippen molar-refractivity contribution >= 4 is 23.2 Å². The Morgan fingerprint density at radius 3 is 2.78 bits per heavy atom. The van der Waals surface area contributed by atoms with Gasteiger partial charge in [-0.05, 0) is 44.0 Å². The highest BCUT2D eigenvalue weighted by atomic mass is 35.5. The number of anilines is 1. The fraction of sp³-hybridized carbons (Fsp3) is 0.500. The first-order valence-electron chi connectivity index (χ1n) is 6.32. The Morgan fingerprint density at radius 1 is 1.44 bits per heavy atom. The Kier molecular flexibility index (Phi) is 6.16. The normalized spacial score (nSPS) is 12.2. The maximum Gasteiger partial charge on any atom is 0.225 e. The topological polar surface area (TPSA) is 41.1 Å². The number of hydrogen-bond acceptors (Lipinski definition) is 2. The molecule has 1 atom stereocenters. The zero-order chi connectivity index (χ0) is 13.5. The van der Waals surface area contributed by atoms with Crippen molar-refractivity contribution in [2.75, 3.05) is 11.9 Å². The van der Waals surface area contributed by atoms with Crippen LogP contribution in [0.15, 0.2) is 18.2 Å². The van der Waals surface area contributed by atoms with E-state index in [1.807, 2.05) is 19.1 Å². The summed E-state index contributed by atoms with van der Waals surface area (Å²) in [6, 6.07) is 5.91. The number of carbonyl (C=O) groups excluding carboxylic acids is 1. The summed E-state index contributed by atoms with van der Waals surface area (Å²) in [5, 5.41) is 6.87. The molecule has 1 rings (SSSR count). The molecule has 1 aromatic rings. The molecule has 1 aromatic carbocycles. The monoisotopic (exact) mass is 268 g/mol. The van der Waals surface area contributed by atoms with Crippen LogP contribution in [-0.4, -0.2) is 18.5 Å². The largest absolute Gasteiger partial charge is 0.326 e. The van der Waals surface area contributed by atoms with Gasteiger partial charge in [0.15, 0.2) is 0 Å². The number of rotatable bonds is 6. The van der Waals surface area contributed by atoms with Crippen LogP contribution in [0.3, 0.4) is 0 Å². The summed E-state index contributed by atoms with van der Waals surface area (Å²) < 4.78 is 0. The molecule has 0 saturated carbocycles. The van der Waals surface area contributed by atoms with Gasteiger partial charge in [-0.15, -0.1) is 0 Å². The average molecular weight is 269 g/mol. The van der Waals surface area contributed by atoms with Crippen LogP contribution in [0.1, 0.15) is 32.3 Å². The van der Waals surface area contributed by atoms with Crippen molar-refractivity contribution in [3.8, 4) is 0 Å². The van der Waals surface area contributed by atoms with E-state index in [2.05, 4.69) is 24.5 Å². The average Bonchev–Trinajstić information content (AvgIpc) is 2.32. The highest BCUT2D eigenvalue weighted by molar-refractivity contribution is 6.30. The lowest BCUT2D eigenvalue weighted by molar-refractivity contribution is -0.116. The Bertz CT molecular complexity index is 407. The molecule has 0 aromatic heterocycles. The third-order valence-corrected chi connectivity index (χ3v) is 3.15. The molecule has 0 aliphatic carbocycles. The predicted octanol–water partition coefficient (Wildman–Crippen LogP) is 3.37. The van der Waals surface area contributed by atoms with E-state index in [0.29, 0.717) is 24.0 Å². The van der Waals surface area contributed by atoms with Crippen molar-refractivity contribution in [3.05, 3.63) is 28.8 Å². The van der Waals surface area contributed by atoms with E-state index in [-0.39, 0.29) is 5.91 Å². The number of carbonyl (C=O) groups is 1. The molecular weight excluding hydrogens is 248 g/mol. The molecule has 0 aliphatic heterocycles. The minimum atomic E-state index is 0.0243. The quantitative estimate of drug-likeness (QED) is 0.831. The van der Waals surface area contributed by atoms with Gasteiger partial charge in [-0.1, -0.05) is 18.5 Å². The van der Waals surface area contributed by atoms with Crippen LogP contribution in [0.2, 0.25) is 5.02 Å². The van der Waals surface area contributed by atoms with Crippen LogP contribution in [0.25, 0.3) is 0 Å². The Labute approximate surface area is 114 Å². The van der Waals surface area contributed by atoms with Crippen molar-refractivity contribution in [2.45, 2.75) is 39.7 Å². The number of hydrogen-bond donors (Lipinski definition) is 2. The van der Waals surface area contributed by atoms with Crippen LogP contribution in [-0.2, 0) is 4.79 Å². The summed E-state index contributed by atoms with van der Waals surface area (Å²) in [4.78, 5) is 11.7. The number of halogens is 1. The Morgan fingerprint density at radius 2 is 2.17 bits per heavy atom. The van der Waals surface area contributed by atoms with Gasteiger partial charge >= 0.3 is 0 Å². The molecule has 0 bridgehead atoms. The van der Waals surface area contributed by atoms with E-state index in [1.165, 1.54) is 0 Å². The number of aryl methyl sites for hydroxylation is 1. The van der Waals surface area contributed by atoms with Crippen molar-refractivity contribution in [1.29, 1.82) is 0 Å². The molecule has 100 valence electrons. The van der Waals surface area contributed by atoms with Gasteiger partial charge in [0, 0.05) is 29.7 Å². The first-order valence-corrected chi connectivity index (χ1v) is 6.70. The molecule has 0 spiro atoms. The van der Waals surface area contributed by atoms with Crippen molar-refractivity contribution in [1.82, 2.24) is 5.32 Å². The second kappa shape index (κ2) is 7.39. The Hall–Kier alpha value is -1.06. The van der Waals surface area contributed by atoms with Crippen LogP contribution < -0.4 is 10.6 Å². The van der Waals surface area contributed by atoms with Crippen LogP contribution >= 0.6 is 11.6 Å². The molecule has 0 heterocycles. The SMILES string of the molecule is CCC(C)NCCC(=O)Nc1ccc(Cl)cc1C. The highest BCUT2D eigenvalue weighted by Crippen LogP contribution is 2.19. The lowest BCUT2D eigenvalue weighted by Crippen LogP contribution is -2.29. The predicted molar refractivity (Wildman–Crippen MR) is 77.2 cm³/mol. The molecule has 0 saturated heterocycles. The van der Waals surface area contributed by atoms with Gasteiger partial charge in [0.2, 0.25) is 5.91 Å². The van der Waals surface area contributed by atoms with E-state index in [4.69, 9.17) is 11.6 Å². The van der Waals surface area contributed by atoms with Gasteiger partial charge in [0.05, 0.1) is 0 Å². The molecule has 1 unspecified atom stereocenters. The zero-order valence-electron chi connectivity index (χ0n) is 11.2. The molecule has 3 nitrogen and oxygen atoms in total. The number of benzene rings is 1. The lowest BCUT2D eigenvalue weighted by Gasteiger charge is -2.12. The first kappa shape index (κ1) is 15.0. The summed E-state index contributed by atoms with van der Waals surface area (Å²) in [5.74, 6) is 0.0243. The smallest absolute Gasteiger partial charge is 0.225 e. The molecule has 4 heteroatoms. The van der Waals surface area contributed by atoms with E-state index >= 15 is 0 Å². The standard InChI is InChI=1S/C14H21ClN2O/c1-4-11(3)16-8-7-14(18)17-13-6-5-12(15)9-10(13)2/h5-6,9,11,16H,4,7-8H2,1-3H3,(H,17,18). The summed E-state index contributed by atoms with van der Waals surface area (Å²) in [6.07, 6.45) is 1.55. The minimum absolute atomic E-state index is 0.0243. The van der Waals surface area contributed by atoms with Gasteiger partial charge in [0.1, 0.15) is 0 Å². The van der Waals surface area contributed by atoms with Gasteiger partial charge < -0.3 is 10.6 Å². The summed E-state index contributed by atoms with van der Waals surface area (Å²) in [5.41, 5.74) is 1.80. The van der Waals surface area contributed by atoms with Crippen LogP contribution in [0, 0.1) is 6.92 Å². The van der Waals surface area contributed by atoms with E-state index in [0.717, 1.165) is 17.7 Å². The van der Waals surface area contributed by atoms with E-state index < -0.39 is 0 Å². The molecule has 1 amide bonds. The van der Waals surface area contributed by atoms with Gasteiger partial charge in [-0.3, -0.25) is 4.79 Å². The van der Waals surface area contributed by atoms with Crippen LogP contribution in [0.5, 0.6) is 0 Å². The second-order valence-electron chi connectivity index (χ2n) is 4.52. The molecule has 2 N–H and O–H groups in total. The maximum absolute atomic E-state index is 11.7. The third kappa shape index (κ3) is 5.07. The molecule has 18 heavy (non-hydrogen) atoms.